The van der Waals surface area contributed by atoms with Crippen LogP contribution >= 0.6 is 23.2 Å². The van der Waals surface area contributed by atoms with Crippen molar-refractivity contribution in [3.05, 3.63) is 69.3 Å². The number of carbonyl (C=O) groups excluding carboxylic acids is 1. The molecule has 1 atom stereocenters. The fourth-order valence-corrected chi connectivity index (χ4v) is 4.76. The minimum absolute atomic E-state index is 0.152. The van der Waals surface area contributed by atoms with Crippen LogP contribution in [0.5, 0.6) is 0 Å². The van der Waals surface area contributed by atoms with Gasteiger partial charge in [-0.25, -0.2) is 4.68 Å². The van der Waals surface area contributed by atoms with Crippen molar-refractivity contribution in [2.75, 3.05) is 19.6 Å². The predicted octanol–water partition coefficient (Wildman–Crippen LogP) is 6.46. The third-order valence-corrected chi connectivity index (χ3v) is 7.48. The molecule has 0 saturated carbocycles. The average molecular weight is 499 g/mol. The van der Waals surface area contributed by atoms with Crippen LogP contribution in [0.3, 0.4) is 0 Å². The first-order valence-corrected chi connectivity index (χ1v) is 12.7. The van der Waals surface area contributed by atoms with Crippen molar-refractivity contribution >= 4 is 29.1 Å². The van der Waals surface area contributed by atoms with Crippen LogP contribution in [0, 0.1) is 13.8 Å². The van der Waals surface area contributed by atoms with E-state index in [1.54, 1.807) is 16.8 Å². The van der Waals surface area contributed by atoms with Crippen molar-refractivity contribution in [2.45, 2.75) is 52.5 Å². The van der Waals surface area contributed by atoms with Crippen molar-refractivity contribution in [1.29, 1.82) is 0 Å². The maximum Gasteiger partial charge on any atom is 0.270 e. The lowest BCUT2D eigenvalue weighted by Crippen LogP contribution is -2.39. The Bertz CT molecular complexity index is 1170. The van der Waals surface area contributed by atoms with E-state index in [1.807, 2.05) is 18.2 Å². The molecule has 1 amide bonds. The molecule has 2 heterocycles. The fraction of sp³-hybridized carbons (Fsp3) is 0.407. The zero-order chi connectivity index (χ0) is 24.2. The molecule has 1 N–H and O–H groups in total. The van der Waals surface area contributed by atoms with Gasteiger partial charge in [-0.2, -0.15) is 5.10 Å². The van der Waals surface area contributed by atoms with Gasteiger partial charge in [0.05, 0.1) is 21.4 Å². The maximum atomic E-state index is 13.2. The molecule has 0 bridgehead atoms. The van der Waals surface area contributed by atoms with Crippen molar-refractivity contribution in [1.82, 2.24) is 20.0 Å². The van der Waals surface area contributed by atoms with E-state index >= 15 is 0 Å². The summed E-state index contributed by atoms with van der Waals surface area (Å²) in [6, 6.07) is 13.9. The Kier molecular flexibility index (Phi) is 7.97. The molecule has 0 spiro atoms. The molecule has 7 heteroatoms. The van der Waals surface area contributed by atoms with E-state index in [4.69, 9.17) is 28.3 Å². The Labute approximate surface area is 212 Å². The number of nitrogens with one attached hydrogen (secondary N) is 1. The number of benzene rings is 2. The highest BCUT2D eigenvalue weighted by molar-refractivity contribution is 6.42. The van der Waals surface area contributed by atoms with E-state index in [-0.39, 0.29) is 5.91 Å². The molecular formula is C27H32Cl2N4O. The quantitative estimate of drug-likeness (QED) is 0.380. The van der Waals surface area contributed by atoms with E-state index < -0.39 is 0 Å². The summed E-state index contributed by atoms with van der Waals surface area (Å²) in [4.78, 5) is 15.7. The minimum Gasteiger partial charge on any atom is -0.351 e. The summed E-state index contributed by atoms with van der Waals surface area (Å²) < 4.78 is 1.65. The molecule has 1 aromatic heterocycles. The average Bonchev–Trinajstić information content (AvgIpc) is 3.27. The summed E-state index contributed by atoms with van der Waals surface area (Å²) in [6.45, 7) is 9.22. The van der Waals surface area contributed by atoms with E-state index in [9.17, 15) is 4.79 Å². The third-order valence-electron chi connectivity index (χ3n) is 6.74. The highest BCUT2D eigenvalue weighted by atomic mass is 35.5. The SMILES string of the molecule is Cc1ccc(-c2cc(C(=O)NCCCN3CCCCC3C)n(-c3ccc(Cl)c(Cl)c3)n2)cc1C. The minimum atomic E-state index is -0.152. The highest BCUT2D eigenvalue weighted by Gasteiger charge is 2.20. The molecule has 0 aliphatic carbocycles. The fourth-order valence-electron chi connectivity index (χ4n) is 4.46. The van der Waals surface area contributed by atoms with Crippen molar-refractivity contribution < 1.29 is 4.79 Å². The van der Waals surface area contributed by atoms with Gasteiger partial charge in [-0.3, -0.25) is 4.79 Å². The van der Waals surface area contributed by atoms with Crippen LogP contribution < -0.4 is 5.32 Å². The molecule has 1 unspecified atom stereocenters. The van der Waals surface area contributed by atoms with Gasteiger partial charge in [0.15, 0.2) is 0 Å². The van der Waals surface area contributed by atoms with E-state index in [2.05, 4.69) is 43.1 Å². The molecule has 1 saturated heterocycles. The van der Waals surface area contributed by atoms with Crippen LogP contribution in [0.4, 0.5) is 0 Å². The summed E-state index contributed by atoms with van der Waals surface area (Å²) in [6.07, 6.45) is 4.76. The van der Waals surface area contributed by atoms with Gasteiger partial charge in [-0.15, -0.1) is 0 Å². The van der Waals surface area contributed by atoms with Gasteiger partial charge in [0, 0.05) is 24.7 Å². The number of aryl methyl sites for hydroxylation is 2. The Balaban J connectivity index is 1.55. The van der Waals surface area contributed by atoms with Gasteiger partial charge in [0.2, 0.25) is 0 Å². The van der Waals surface area contributed by atoms with Gasteiger partial charge in [0.1, 0.15) is 5.69 Å². The zero-order valence-electron chi connectivity index (χ0n) is 20.1. The number of hydrogen-bond acceptors (Lipinski definition) is 3. The summed E-state index contributed by atoms with van der Waals surface area (Å²) in [5.41, 5.74) is 5.26. The van der Waals surface area contributed by atoms with Gasteiger partial charge < -0.3 is 10.2 Å². The van der Waals surface area contributed by atoms with Gasteiger partial charge >= 0.3 is 0 Å². The first-order chi connectivity index (χ1) is 16.3. The van der Waals surface area contributed by atoms with Gasteiger partial charge in [0.25, 0.3) is 5.91 Å². The molecule has 180 valence electrons. The number of aromatic nitrogens is 2. The van der Waals surface area contributed by atoms with Crippen LogP contribution in [0.25, 0.3) is 16.9 Å². The van der Waals surface area contributed by atoms with Crippen molar-refractivity contribution in [3.8, 4) is 16.9 Å². The lowest BCUT2D eigenvalue weighted by Gasteiger charge is -2.33. The third kappa shape index (κ3) is 5.65. The number of halogens is 2. The molecule has 1 fully saturated rings. The molecule has 1 aliphatic heterocycles. The maximum absolute atomic E-state index is 13.2. The highest BCUT2D eigenvalue weighted by Crippen LogP contribution is 2.28. The lowest BCUT2D eigenvalue weighted by atomic mass is 10.0. The molecule has 1 aliphatic rings. The van der Waals surface area contributed by atoms with Gasteiger partial charge in [-0.05, 0) is 88.0 Å². The Morgan fingerprint density at radius 1 is 1.06 bits per heavy atom. The Hall–Kier alpha value is -2.34. The molecule has 34 heavy (non-hydrogen) atoms. The number of likely N-dealkylation sites (tertiary alicyclic amines) is 1. The van der Waals surface area contributed by atoms with Crippen molar-refractivity contribution in [3.63, 3.8) is 0 Å². The van der Waals surface area contributed by atoms with Crippen LogP contribution in [-0.2, 0) is 0 Å². The predicted molar refractivity (Wildman–Crippen MR) is 140 cm³/mol. The standard InChI is InChI=1S/C27H32Cl2N4O/c1-18-8-9-21(15-19(18)2)25-17-26(33(31-25)22-10-11-23(28)24(29)16-22)27(34)30-12-6-14-32-13-5-4-7-20(32)3/h8-11,15-17,20H,4-7,12-14H2,1-3H3,(H,30,34). The first-order valence-electron chi connectivity index (χ1n) is 12.0. The monoisotopic (exact) mass is 498 g/mol. The molecule has 0 radical (unpaired) electrons. The number of piperidine rings is 1. The number of carbonyl (C=O) groups is 1. The van der Waals surface area contributed by atoms with Gasteiger partial charge in [-0.1, -0.05) is 41.8 Å². The molecule has 2 aromatic carbocycles. The van der Waals surface area contributed by atoms with E-state index in [1.165, 1.54) is 30.4 Å². The second-order valence-electron chi connectivity index (χ2n) is 9.21. The van der Waals surface area contributed by atoms with Crippen LogP contribution in [0.15, 0.2) is 42.5 Å². The summed E-state index contributed by atoms with van der Waals surface area (Å²) in [5, 5.41) is 8.74. The summed E-state index contributed by atoms with van der Waals surface area (Å²) >= 11 is 12.4. The first kappa shape index (κ1) is 24.8. The number of amides is 1. The largest absolute Gasteiger partial charge is 0.351 e. The van der Waals surface area contributed by atoms with Crippen molar-refractivity contribution in [2.24, 2.45) is 0 Å². The molecular weight excluding hydrogens is 467 g/mol. The van der Waals surface area contributed by atoms with Crippen LogP contribution in [0.1, 0.15) is 54.2 Å². The smallest absolute Gasteiger partial charge is 0.270 e. The Morgan fingerprint density at radius 2 is 1.88 bits per heavy atom. The Morgan fingerprint density at radius 3 is 2.62 bits per heavy atom. The number of nitrogens with zero attached hydrogens (tertiary/aromatic N) is 3. The topological polar surface area (TPSA) is 50.2 Å². The number of hydrogen-bond donors (Lipinski definition) is 1. The second-order valence-corrected chi connectivity index (χ2v) is 10.0. The number of rotatable bonds is 7. The van der Waals surface area contributed by atoms with E-state index in [0.717, 1.165) is 30.8 Å². The zero-order valence-corrected chi connectivity index (χ0v) is 21.6. The lowest BCUT2D eigenvalue weighted by molar-refractivity contribution is 0.0941. The molecule has 4 rings (SSSR count). The second kappa shape index (κ2) is 10.9. The van der Waals surface area contributed by atoms with Crippen LogP contribution in [0.2, 0.25) is 10.0 Å². The molecule has 5 nitrogen and oxygen atoms in total. The summed E-state index contributed by atoms with van der Waals surface area (Å²) in [5.74, 6) is -0.152. The van der Waals surface area contributed by atoms with E-state index in [0.29, 0.717) is 34.0 Å². The normalized spacial score (nSPS) is 16.6. The summed E-state index contributed by atoms with van der Waals surface area (Å²) in [7, 11) is 0. The molecule has 3 aromatic rings. The van der Waals surface area contributed by atoms with Crippen LogP contribution in [-0.4, -0.2) is 46.3 Å².